The fourth-order valence-electron chi connectivity index (χ4n) is 2.57. The molecular formula is C19H35NaO. The summed E-state index contributed by atoms with van der Waals surface area (Å²) in [7, 11) is 0. The van der Waals surface area contributed by atoms with Crippen molar-refractivity contribution in [2.75, 3.05) is 0 Å². The Kier molecular flexibility index (Phi) is 18.8. The van der Waals surface area contributed by atoms with E-state index in [1.165, 1.54) is 77.0 Å². The molecule has 0 heterocycles. The van der Waals surface area contributed by atoms with E-state index in [4.69, 9.17) is 0 Å². The molecule has 0 aromatic rings. The zero-order valence-corrected chi connectivity index (χ0v) is 16.7. The molecule has 0 spiro atoms. The summed E-state index contributed by atoms with van der Waals surface area (Å²) in [6, 6.07) is 0. The summed E-state index contributed by atoms with van der Waals surface area (Å²) in [5.41, 5.74) is 0. The SMILES string of the molecule is CCCCCCCC/C=C\CCCCCCCC(=O)[CH2][Na]. The first-order valence-corrected chi connectivity index (χ1v) is 10.9. The topological polar surface area (TPSA) is 17.1 Å². The molecule has 0 aliphatic rings. The summed E-state index contributed by atoms with van der Waals surface area (Å²) in [4.78, 5) is 11.2. The van der Waals surface area contributed by atoms with Crippen LogP contribution in [-0.4, -0.2) is 33.7 Å². The molecule has 0 aliphatic heterocycles. The van der Waals surface area contributed by atoms with Gasteiger partial charge in [-0.25, -0.2) is 0 Å². The Morgan fingerprint density at radius 1 is 0.762 bits per heavy atom. The molecule has 0 bridgehead atoms. The van der Waals surface area contributed by atoms with Crippen LogP contribution in [0.25, 0.3) is 0 Å². The van der Waals surface area contributed by atoms with Crippen molar-refractivity contribution in [2.45, 2.75) is 100 Å². The van der Waals surface area contributed by atoms with E-state index in [-0.39, 0.29) is 0 Å². The number of hydrogen-bond donors (Lipinski definition) is 0. The van der Waals surface area contributed by atoms with Gasteiger partial charge < -0.3 is 0 Å². The molecular weight excluding hydrogens is 267 g/mol. The molecule has 0 fully saturated rings. The van der Waals surface area contributed by atoms with Gasteiger partial charge in [0.1, 0.15) is 0 Å². The van der Waals surface area contributed by atoms with Crippen LogP contribution in [0.3, 0.4) is 0 Å². The molecule has 0 atom stereocenters. The second-order valence-corrected chi connectivity index (χ2v) is 6.93. The Hall–Kier alpha value is 0.410. The Morgan fingerprint density at radius 2 is 1.24 bits per heavy atom. The maximum atomic E-state index is 11.2. The second kappa shape index (κ2) is 18.5. The Morgan fingerprint density at radius 3 is 1.76 bits per heavy atom. The van der Waals surface area contributed by atoms with Crippen molar-refractivity contribution in [1.29, 1.82) is 0 Å². The first-order valence-electron chi connectivity index (χ1n) is 9.48. The molecule has 118 valence electrons. The van der Waals surface area contributed by atoms with Gasteiger partial charge in [-0.3, -0.25) is 0 Å². The molecule has 21 heavy (non-hydrogen) atoms. The van der Waals surface area contributed by atoms with E-state index in [1.54, 1.807) is 0 Å². The standard InChI is InChI=1S/C19H35O.Na/c1-3-4-5-6-7-8-9-10-11-12-13-14-15-16-17-18-19(2)20;/h10-11H,2-9,12-18H2,1H3;/b11-10-;. The third-order valence-electron chi connectivity index (χ3n) is 4.11. The van der Waals surface area contributed by atoms with Crippen molar-refractivity contribution in [3.8, 4) is 0 Å². The number of carbonyl (C=O) groups is 1. The number of ketones is 1. The van der Waals surface area contributed by atoms with E-state index in [1.807, 2.05) is 0 Å². The van der Waals surface area contributed by atoms with Crippen molar-refractivity contribution in [1.82, 2.24) is 0 Å². The quantitative estimate of drug-likeness (QED) is 0.189. The molecule has 0 saturated carbocycles. The predicted molar refractivity (Wildman–Crippen MR) is 95.0 cm³/mol. The Labute approximate surface area is 150 Å². The summed E-state index contributed by atoms with van der Waals surface area (Å²) in [5, 5.41) is 0. The summed E-state index contributed by atoms with van der Waals surface area (Å²) < 4.78 is 0.851. The molecule has 0 saturated heterocycles. The summed E-state index contributed by atoms with van der Waals surface area (Å²) >= 11 is 1.04. The molecule has 0 aliphatic carbocycles. The van der Waals surface area contributed by atoms with Crippen molar-refractivity contribution >= 4 is 33.7 Å². The second-order valence-electron chi connectivity index (χ2n) is 6.23. The van der Waals surface area contributed by atoms with Gasteiger partial charge in [-0.15, -0.1) is 0 Å². The van der Waals surface area contributed by atoms with Crippen LogP contribution in [0.1, 0.15) is 96.8 Å². The van der Waals surface area contributed by atoms with Crippen molar-refractivity contribution < 1.29 is 4.79 Å². The van der Waals surface area contributed by atoms with Gasteiger partial charge in [0.25, 0.3) is 0 Å². The Bertz CT molecular complexity index is 248. The average Bonchev–Trinajstić information content (AvgIpc) is 2.50. The number of Topliss-reactive ketones (excluding diaryl/α,β-unsaturated/α-hetero) is 1. The summed E-state index contributed by atoms with van der Waals surface area (Å²) in [5.74, 6) is 0.485. The molecule has 0 amide bonds. The first kappa shape index (κ1) is 21.4. The van der Waals surface area contributed by atoms with E-state index in [9.17, 15) is 4.79 Å². The van der Waals surface area contributed by atoms with E-state index in [2.05, 4.69) is 19.1 Å². The van der Waals surface area contributed by atoms with E-state index < -0.39 is 0 Å². The van der Waals surface area contributed by atoms with Crippen LogP contribution in [0.5, 0.6) is 0 Å². The van der Waals surface area contributed by atoms with Crippen molar-refractivity contribution in [3.05, 3.63) is 12.2 Å². The molecule has 1 nitrogen and oxygen atoms in total. The van der Waals surface area contributed by atoms with E-state index >= 15 is 0 Å². The predicted octanol–water partition coefficient (Wildman–Crippen LogP) is 6.18. The zero-order chi connectivity index (χ0) is 15.6. The van der Waals surface area contributed by atoms with Gasteiger partial charge in [-0.05, 0) is 6.42 Å². The molecule has 0 unspecified atom stereocenters. The van der Waals surface area contributed by atoms with Crippen LogP contribution >= 0.6 is 0 Å². The molecule has 0 aromatic heterocycles. The van der Waals surface area contributed by atoms with Gasteiger partial charge >= 0.3 is 106 Å². The third kappa shape index (κ3) is 18.4. The van der Waals surface area contributed by atoms with Gasteiger partial charge in [-0.2, -0.15) is 0 Å². The van der Waals surface area contributed by atoms with Gasteiger partial charge in [0.15, 0.2) is 0 Å². The summed E-state index contributed by atoms with van der Waals surface area (Å²) in [6.07, 6.45) is 22.8. The molecule has 2 heteroatoms. The van der Waals surface area contributed by atoms with Gasteiger partial charge in [0.05, 0.1) is 0 Å². The average molecular weight is 302 g/mol. The number of rotatable bonds is 16. The van der Waals surface area contributed by atoms with Crippen LogP contribution in [0.15, 0.2) is 12.2 Å². The normalized spacial score (nSPS) is 11.4. The molecule has 0 N–H and O–H groups in total. The number of carbonyl (C=O) groups excluding carboxylic acids is 1. The van der Waals surface area contributed by atoms with Crippen molar-refractivity contribution in [2.24, 2.45) is 0 Å². The molecule has 0 rings (SSSR count). The molecule has 0 radical (unpaired) electrons. The van der Waals surface area contributed by atoms with E-state index in [0.717, 1.165) is 44.4 Å². The first-order chi connectivity index (χ1) is 10.3. The Balaban J connectivity index is 3.10. The van der Waals surface area contributed by atoms with Gasteiger partial charge in [0.2, 0.25) is 0 Å². The minimum absolute atomic E-state index is 0.485. The van der Waals surface area contributed by atoms with E-state index in [0.29, 0.717) is 5.78 Å². The van der Waals surface area contributed by atoms with Gasteiger partial charge in [0, 0.05) is 0 Å². The van der Waals surface area contributed by atoms with Gasteiger partial charge in [-0.1, -0.05) is 39.0 Å². The summed E-state index contributed by atoms with van der Waals surface area (Å²) in [6.45, 7) is 2.27. The number of unbranched alkanes of at least 4 members (excludes halogenated alkanes) is 11. The van der Waals surface area contributed by atoms with Crippen LogP contribution in [0, 0.1) is 0 Å². The van der Waals surface area contributed by atoms with Crippen LogP contribution in [0.2, 0.25) is 3.67 Å². The minimum atomic E-state index is 0.485. The maximum absolute atomic E-state index is 11.2. The van der Waals surface area contributed by atoms with Crippen LogP contribution < -0.4 is 0 Å². The molecule has 0 aromatic carbocycles. The number of hydrogen-bond acceptors (Lipinski definition) is 1. The monoisotopic (exact) mass is 302 g/mol. The zero-order valence-electron chi connectivity index (χ0n) is 14.7. The van der Waals surface area contributed by atoms with Crippen LogP contribution in [0.4, 0.5) is 0 Å². The van der Waals surface area contributed by atoms with Crippen LogP contribution in [-0.2, 0) is 4.79 Å². The fraction of sp³-hybridized carbons (Fsp3) is 0.842. The fourth-order valence-corrected chi connectivity index (χ4v) is 2.92. The number of allylic oxidation sites excluding steroid dienone is 2. The van der Waals surface area contributed by atoms with Crippen molar-refractivity contribution in [3.63, 3.8) is 0 Å². The third-order valence-corrected chi connectivity index (χ3v) is 4.90.